The summed E-state index contributed by atoms with van der Waals surface area (Å²) >= 11 is 0. The molecule has 0 saturated carbocycles. The molecule has 88 valence electrons. The summed E-state index contributed by atoms with van der Waals surface area (Å²) in [6.07, 6.45) is 0. The van der Waals surface area contributed by atoms with Crippen molar-refractivity contribution in [2.75, 3.05) is 19.7 Å². The molecule has 1 aromatic carbocycles. The van der Waals surface area contributed by atoms with Crippen molar-refractivity contribution < 1.29 is 14.6 Å². The molecule has 0 spiro atoms. The minimum Gasteiger partial charge on any atom is -0.508 e. The van der Waals surface area contributed by atoms with E-state index in [1.54, 1.807) is 17.0 Å². The summed E-state index contributed by atoms with van der Waals surface area (Å²) in [6.45, 7) is 5.28. The number of benzene rings is 1. The van der Waals surface area contributed by atoms with Crippen molar-refractivity contribution in [1.82, 2.24) is 4.90 Å². The highest BCUT2D eigenvalue weighted by Gasteiger charge is 2.09. The van der Waals surface area contributed by atoms with Crippen molar-refractivity contribution in [2.24, 2.45) is 0 Å². The Morgan fingerprint density at radius 1 is 1.25 bits per heavy atom. The highest BCUT2D eigenvalue weighted by atomic mass is 16.5. The number of hydrogen-bond donors (Lipinski definition) is 1. The molecule has 0 saturated heterocycles. The average molecular weight is 223 g/mol. The molecule has 1 aromatic rings. The van der Waals surface area contributed by atoms with Gasteiger partial charge < -0.3 is 14.7 Å². The number of likely N-dealkylation sites (N-methyl/N-ethyl adjacent to an activating group) is 1. The third-order valence-electron chi connectivity index (χ3n) is 2.32. The van der Waals surface area contributed by atoms with Gasteiger partial charge in [0.05, 0.1) is 0 Å². The van der Waals surface area contributed by atoms with Crippen LogP contribution in [0.2, 0.25) is 0 Å². The van der Waals surface area contributed by atoms with E-state index in [4.69, 9.17) is 9.84 Å². The molecule has 0 aliphatic rings. The van der Waals surface area contributed by atoms with Crippen molar-refractivity contribution in [3.63, 3.8) is 0 Å². The summed E-state index contributed by atoms with van der Waals surface area (Å²) in [6, 6.07) is 6.31. The van der Waals surface area contributed by atoms with Crippen molar-refractivity contribution >= 4 is 5.91 Å². The molecule has 4 nitrogen and oxygen atoms in total. The summed E-state index contributed by atoms with van der Waals surface area (Å²) < 4.78 is 5.31. The smallest absolute Gasteiger partial charge is 0.260 e. The molecule has 0 aliphatic heterocycles. The zero-order chi connectivity index (χ0) is 12.0. The van der Waals surface area contributed by atoms with Crippen molar-refractivity contribution in [3.05, 3.63) is 24.3 Å². The van der Waals surface area contributed by atoms with Crippen molar-refractivity contribution in [2.45, 2.75) is 13.8 Å². The van der Waals surface area contributed by atoms with Crippen LogP contribution < -0.4 is 4.74 Å². The molecular formula is C12H17NO3. The van der Waals surface area contributed by atoms with E-state index in [1.807, 2.05) is 13.8 Å². The highest BCUT2D eigenvalue weighted by molar-refractivity contribution is 5.77. The van der Waals surface area contributed by atoms with Gasteiger partial charge in [0.2, 0.25) is 0 Å². The minimum atomic E-state index is -0.0296. The van der Waals surface area contributed by atoms with Crippen LogP contribution in [-0.2, 0) is 4.79 Å². The fourth-order valence-corrected chi connectivity index (χ4v) is 1.36. The lowest BCUT2D eigenvalue weighted by molar-refractivity contribution is -0.132. The predicted octanol–water partition coefficient (Wildman–Crippen LogP) is 1.64. The van der Waals surface area contributed by atoms with Crippen LogP contribution >= 0.6 is 0 Å². The zero-order valence-corrected chi connectivity index (χ0v) is 9.64. The van der Waals surface area contributed by atoms with Crippen LogP contribution in [0.3, 0.4) is 0 Å². The van der Waals surface area contributed by atoms with Gasteiger partial charge in [-0.1, -0.05) is 0 Å². The second kappa shape index (κ2) is 6.00. The van der Waals surface area contributed by atoms with Gasteiger partial charge in [0.15, 0.2) is 6.61 Å². The monoisotopic (exact) mass is 223 g/mol. The number of carbonyl (C=O) groups is 1. The van der Waals surface area contributed by atoms with E-state index in [9.17, 15) is 4.79 Å². The number of amides is 1. The summed E-state index contributed by atoms with van der Waals surface area (Å²) in [7, 11) is 0. The van der Waals surface area contributed by atoms with Gasteiger partial charge >= 0.3 is 0 Å². The van der Waals surface area contributed by atoms with Gasteiger partial charge in [-0.2, -0.15) is 0 Å². The van der Waals surface area contributed by atoms with Crippen LogP contribution in [0.1, 0.15) is 13.8 Å². The van der Waals surface area contributed by atoms with Crippen LogP contribution in [-0.4, -0.2) is 35.6 Å². The van der Waals surface area contributed by atoms with Crippen LogP contribution in [0.4, 0.5) is 0 Å². The van der Waals surface area contributed by atoms with E-state index in [1.165, 1.54) is 12.1 Å². The van der Waals surface area contributed by atoms with Crippen LogP contribution in [0.15, 0.2) is 24.3 Å². The Balaban J connectivity index is 2.45. The summed E-state index contributed by atoms with van der Waals surface area (Å²) in [5, 5.41) is 9.07. The van der Waals surface area contributed by atoms with Gasteiger partial charge in [0.25, 0.3) is 5.91 Å². The van der Waals surface area contributed by atoms with E-state index in [0.29, 0.717) is 18.8 Å². The predicted molar refractivity (Wildman–Crippen MR) is 61.5 cm³/mol. The normalized spacial score (nSPS) is 9.88. The fourth-order valence-electron chi connectivity index (χ4n) is 1.36. The lowest BCUT2D eigenvalue weighted by Crippen LogP contribution is -2.34. The third-order valence-corrected chi connectivity index (χ3v) is 2.32. The Labute approximate surface area is 95.5 Å². The second-order valence-electron chi connectivity index (χ2n) is 3.35. The Morgan fingerprint density at radius 2 is 1.81 bits per heavy atom. The largest absolute Gasteiger partial charge is 0.508 e. The number of phenolic OH excluding ortho intramolecular Hbond substituents is 1. The van der Waals surface area contributed by atoms with Gasteiger partial charge in [0.1, 0.15) is 11.5 Å². The maximum atomic E-state index is 11.6. The van der Waals surface area contributed by atoms with E-state index in [-0.39, 0.29) is 18.3 Å². The van der Waals surface area contributed by atoms with E-state index >= 15 is 0 Å². The molecule has 0 fully saturated rings. The Morgan fingerprint density at radius 3 is 2.31 bits per heavy atom. The molecule has 1 amide bonds. The molecule has 16 heavy (non-hydrogen) atoms. The lowest BCUT2D eigenvalue weighted by atomic mass is 10.3. The number of ether oxygens (including phenoxy) is 1. The Bertz CT molecular complexity index is 331. The fraction of sp³-hybridized carbons (Fsp3) is 0.417. The van der Waals surface area contributed by atoms with Gasteiger partial charge in [0, 0.05) is 13.1 Å². The molecular weight excluding hydrogens is 206 g/mol. The van der Waals surface area contributed by atoms with E-state index < -0.39 is 0 Å². The maximum Gasteiger partial charge on any atom is 0.260 e. The molecule has 0 atom stereocenters. The van der Waals surface area contributed by atoms with E-state index in [2.05, 4.69) is 0 Å². The number of rotatable bonds is 5. The van der Waals surface area contributed by atoms with Crippen LogP contribution in [0, 0.1) is 0 Å². The third kappa shape index (κ3) is 3.46. The van der Waals surface area contributed by atoms with Gasteiger partial charge in [-0.05, 0) is 38.1 Å². The molecule has 4 heteroatoms. The molecule has 0 aromatic heterocycles. The standard InChI is InChI=1S/C12H17NO3/c1-3-13(4-2)12(15)9-16-11-7-5-10(14)6-8-11/h5-8,14H,3-4,9H2,1-2H3. The first-order chi connectivity index (χ1) is 7.67. The molecule has 0 aliphatic carbocycles. The van der Waals surface area contributed by atoms with Crippen LogP contribution in [0.5, 0.6) is 11.5 Å². The first-order valence-corrected chi connectivity index (χ1v) is 5.37. The van der Waals surface area contributed by atoms with Gasteiger partial charge in [-0.15, -0.1) is 0 Å². The summed E-state index contributed by atoms with van der Waals surface area (Å²) in [5.41, 5.74) is 0. The molecule has 0 radical (unpaired) electrons. The zero-order valence-electron chi connectivity index (χ0n) is 9.64. The molecule has 0 heterocycles. The molecule has 1 rings (SSSR count). The number of carbonyl (C=O) groups excluding carboxylic acids is 1. The molecule has 0 bridgehead atoms. The Hall–Kier alpha value is -1.71. The van der Waals surface area contributed by atoms with Gasteiger partial charge in [-0.25, -0.2) is 0 Å². The maximum absolute atomic E-state index is 11.6. The van der Waals surface area contributed by atoms with E-state index in [0.717, 1.165) is 0 Å². The van der Waals surface area contributed by atoms with Crippen molar-refractivity contribution in [3.8, 4) is 11.5 Å². The number of phenols is 1. The first kappa shape index (κ1) is 12.4. The number of aromatic hydroxyl groups is 1. The Kier molecular flexibility index (Phi) is 4.64. The first-order valence-electron chi connectivity index (χ1n) is 5.37. The topological polar surface area (TPSA) is 49.8 Å². The lowest BCUT2D eigenvalue weighted by Gasteiger charge is -2.18. The SMILES string of the molecule is CCN(CC)C(=O)COc1ccc(O)cc1. The number of hydrogen-bond acceptors (Lipinski definition) is 3. The van der Waals surface area contributed by atoms with Crippen molar-refractivity contribution in [1.29, 1.82) is 0 Å². The quantitative estimate of drug-likeness (QED) is 0.825. The summed E-state index contributed by atoms with van der Waals surface area (Å²) in [4.78, 5) is 13.3. The minimum absolute atomic E-state index is 0.0296. The van der Waals surface area contributed by atoms with Crippen LogP contribution in [0.25, 0.3) is 0 Å². The van der Waals surface area contributed by atoms with Gasteiger partial charge in [-0.3, -0.25) is 4.79 Å². The molecule has 1 N–H and O–H groups in total. The average Bonchev–Trinajstić information content (AvgIpc) is 2.30. The summed E-state index contributed by atoms with van der Waals surface area (Å²) in [5.74, 6) is 0.735. The number of nitrogens with zero attached hydrogens (tertiary/aromatic N) is 1. The highest BCUT2D eigenvalue weighted by Crippen LogP contribution is 2.15. The molecule has 0 unspecified atom stereocenters. The second-order valence-corrected chi connectivity index (χ2v) is 3.35.